The van der Waals surface area contributed by atoms with Crippen LogP contribution >= 0.6 is 24.4 Å². The Hall–Kier alpha value is -2.58. The third-order valence-corrected chi connectivity index (χ3v) is 3.39. The standard InChI is InChI=1S/C14H12N6S2/c21-13(19-9-1-7-15-19)17-11-3-5-12(6-4-11)18-14(22)20-10-2-8-16-20/h1-10H,(H,17,21)(H,18,22). The normalized spacial score (nSPS) is 10.2. The van der Waals surface area contributed by atoms with Crippen molar-refractivity contribution in [2.24, 2.45) is 0 Å². The van der Waals surface area contributed by atoms with E-state index in [2.05, 4.69) is 20.8 Å². The summed E-state index contributed by atoms with van der Waals surface area (Å²) in [6.45, 7) is 0. The molecule has 3 rings (SSSR count). The first-order valence-corrected chi connectivity index (χ1v) is 7.26. The van der Waals surface area contributed by atoms with Gasteiger partial charge in [-0.25, -0.2) is 9.36 Å². The van der Waals surface area contributed by atoms with Crippen LogP contribution in [0.25, 0.3) is 0 Å². The van der Waals surface area contributed by atoms with Gasteiger partial charge in [0.1, 0.15) is 0 Å². The lowest BCUT2D eigenvalue weighted by molar-refractivity contribution is 0.946. The Labute approximate surface area is 137 Å². The number of hydrogen-bond acceptors (Lipinski definition) is 4. The number of thiocarbonyl (C=S) groups is 2. The largest absolute Gasteiger partial charge is 0.331 e. The Morgan fingerprint density at radius 1 is 0.773 bits per heavy atom. The zero-order valence-corrected chi connectivity index (χ0v) is 13.0. The van der Waals surface area contributed by atoms with Crippen LogP contribution in [0.4, 0.5) is 11.4 Å². The van der Waals surface area contributed by atoms with E-state index in [9.17, 15) is 0 Å². The predicted molar refractivity (Wildman–Crippen MR) is 94.1 cm³/mol. The van der Waals surface area contributed by atoms with E-state index in [1.54, 1.807) is 34.2 Å². The molecule has 1 aromatic carbocycles. The smallest absolute Gasteiger partial charge is 0.198 e. The highest BCUT2D eigenvalue weighted by Gasteiger charge is 2.03. The van der Waals surface area contributed by atoms with Gasteiger partial charge in [-0.1, -0.05) is 0 Å². The second-order valence-corrected chi connectivity index (χ2v) is 5.11. The van der Waals surface area contributed by atoms with Crippen LogP contribution in [0.5, 0.6) is 0 Å². The molecule has 0 saturated heterocycles. The fourth-order valence-corrected chi connectivity index (χ4v) is 2.23. The minimum absolute atomic E-state index is 0.512. The maximum Gasteiger partial charge on any atom is 0.198 e. The van der Waals surface area contributed by atoms with Gasteiger partial charge in [0, 0.05) is 36.2 Å². The molecule has 6 nitrogen and oxygen atoms in total. The van der Waals surface area contributed by atoms with Gasteiger partial charge in [0.05, 0.1) is 0 Å². The first kappa shape index (κ1) is 14.4. The average molecular weight is 328 g/mol. The molecule has 8 heteroatoms. The molecule has 0 spiro atoms. The summed E-state index contributed by atoms with van der Waals surface area (Å²) in [7, 11) is 0. The predicted octanol–water partition coefficient (Wildman–Crippen LogP) is 2.57. The van der Waals surface area contributed by atoms with Crippen LogP contribution in [0.2, 0.25) is 0 Å². The van der Waals surface area contributed by atoms with Gasteiger partial charge in [-0.3, -0.25) is 0 Å². The quantitative estimate of drug-likeness (QED) is 0.705. The van der Waals surface area contributed by atoms with Crippen LogP contribution in [0.3, 0.4) is 0 Å². The summed E-state index contributed by atoms with van der Waals surface area (Å²) >= 11 is 10.5. The van der Waals surface area contributed by atoms with Gasteiger partial charge in [-0.2, -0.15) is 10.2 Å². The summed E-state index contributed by atoms with van der Waals surface area (Å²) in [6, 6.07) is 11.3. The maximum absolute atomic E-state index is 5.25. The van der Waals surface area contributed by atoms with Crippen molar-refractivity contribution in [3.05, 3.63) is 61.2 Å². The van der Waals surface area contributed by atoms with Gasteiger partial charge in [0.15, 0.2) is 10.2 Å². The molecule has 0 aliphatic rings. The SMILES string of the molecule is S=C(Nc1ccc(NC(=S)n2cccn2)cc1)n1cccn1. The zero-order chi connectivity index (χ0) is 15.4. The molecule has 0 aliphatic carbocycles. The molecule has 0 amide bonds. The zero-order valence-electron chi connectivity index (χ0n) is 11.4. The number of nitrogens with one attached hydrogen (secondary N) is 2. The number of nitrogens with zero attached hydrogens (tertiary/aromatic N) is 4. The Morgan fingerprint density at radius 3 is 1.50 bits per heavy atom. The number of anilines is 2. The Kier molecular flexibility index (Phi) is 4.22. The second kappa shape index (κ2) is 6.46. The molecule has 2 heterocycles. The lowest BCUT2D eigenvalue weighted by atomic mass is 10.3. The topological polar surface area (TPSA) is 59.7 Å². The fourth-order valence-electron chi connectivity index (χ4n) is 1.78. The van der Waals surface area contributed by atoms with Crippen molar-refractivity contribution in [3.8, 4) is 0 Å². The molecular weight excluding hydrogens is 316 g/mol. The lowest BCUT2D eigenvalue weighted by Gasteiger charge is -2.10. The second-order valence-electron chi connectivity index (χ2n) is 4.34. The summed E-state index contributed by atoms with van der Waals surface area (Å²) in [5.41, 5.74) is 1.74. The minimum atomic E-state index is 0.512. The summed E-state index contributed by atoms with van der Waals surface area (Å²) in [4.78, 5) is 0. The summed E-state index contributed by atoms with van der Waals surface area (Å²) in [5, 5.41) is 15.4. The summed E-state index contributed by atoms with van der Waals surface area (Å²) in [6.07, 6.45) is 6.93. The highest BCUT2D eigenvalue weighted by molar-refractivity contribution is 7.80. The van der Waals surface area contributed by atoms with Crippen molar-refractivity contribution in [1.82, 2.24) is 19.6 Å². The van der Waals surface area contributed by atoms with E-state index in [1.807, 2.05) is 36.4 Å². The number of hydrogen-bond donors (Lipinski definition) is 2. The van der Waals surface area contributed by atoms with E-state index >= 15 is 0 Å². The van der Waals surface area contributed by atoms with E-state index in [4.69, 9.17) is 24.4 Å². The molecule has 2 N–H and O–H groups in total. The molecule has 0 fully saturated rings. The summed E-state index contributed by atoms with van der Waals surface area (Å²) < 4.78 is 3.18. The van der Waals surface area contributed by atoms with Gasteiger partial charge in [-0.05, 0) is 60.8 Å². The van der Waals surface area contributed by atoms with Gasteiger partial charge < -0.3 is 10.6 Å². The first-order valence-electron chi connectivity index (χ1n) is 6.44. The van der Waals surface area contributed by atoms with E-state index in [-0.39, 0.29) is 0 Å². The van der Waals surface area contributed by atoms with Crippen molar-refractivity contribution in [2.45, 2.75) is 0 Å². The van der Waals surface area contributed by atoms with E-state index < -0.39 is 0 Å². The maximum atomic E-state index is 5.25. The third-order valence-electron chi connectivity index (χ3n) is 2.81. The molecular formula is C14H12N6S2. The van der Waals surface area contributed by atoms with Crippen molar-refractivity contribution in [2.75, 3.05) is 10.6 Å². The van der Waals surface area contributed by atoms with Crippen LogP contribution in [0.15, 0.2) is 61.2 Å². The van der Waals surface area contributed by atoms with Gasteiger partial charge in [-0.15, -0.1) is 0 Å². The molecule has 110 valence electrons. The van der Waals surface area contributed by atoms with Gasteiger partial charge in [0.2, 0.25) is 0 Å². The van der Waals surface area contributed by atoms with Gasteiger partial charge >= 0.3 is 0 Å². The number of rotatable bonds is 2. The number of aromatic nitrogens is 4. The van der Waals surface area contributed by atoms with Crippen LogP contribution in [-0.4, -0.2) is 29.8 Å². The molecule has 0 aliphatic heterocycles. The Morgan fingerprint density at radius 2 is 1.18 bits per heavy atom. The third kappa shape index (κ3) is 3.35. The van der Waals surface area contributed by atoms with Crippen LogP contribution < -0.4 is 10.6 Å². The Bertz CT molecular complexity index is 695. The van der Waals surface area contributed by atoms with Crippen molar-refractivity contribution >= 4 is 46.0 Å². The van der Waals surface area contributed by atoms with Gasteiger partial charge in [0.25, 0.3) is 0 Å². The molecule has 0 bridgehead atoms. The molecule has 0 saturated carbocycles. The molecule has 2 aromatic heterocycles. The van der Waals surface area contributed by atoms with E-state index in [0.717, 1.165) is 11.4 Å². The summed E-state index contributed by atoms with van der Waals surface area (Å²) in [5.74, 6) is 0. The van der Waals surface area contributed by atoms with Crippen molar-refractivity contribution in [3.63, 3.8) is 0 Å². The lowest BCUT2D eigenvalue weighted by Crippen LogP contribution is -2.20. The average Bonchev–Trinajstić information content (AvgIpc) is 3.23. The highest BCUT2D eigenvalue weighted by Crippen LogP contribution is 2.14. The monoisotopic (exact) mass is 328 g/mol. The van der Waals surface area contributed by atoms with E-state index in [1.165, 1.54) is 0 Å². The molecule has 3 aromatic rings. The number of benzene rings is 1. The highest BCUT2D eigenvalue weighted by atomic mass is 32.1. The molecule has 22 heavy (non-hydrogen) atoms. The van der Waals surface area contributed by atoms with Crippen molar-refractivity contribution < 1.29 is 0 Å². The fraction of sp³-hybridized carbons (Fsp3) is 0. The molecule has 0 atom stereocenters. The van der Waals surface area contributed by atoms with E-state index in [0.29, 0.717) is 10.2 Å². The Balaban J connectivity index is 1.63. The minimum Gasteiger partial charge on any atom is -0.331 e. The van der Waals surface area contributed by atoms with Crippen LogP contribution in [0, 0.1) is 0 Å². The molecule has 0 unspecified atom stereocenters. The first-order chi connectivity index (χ1) is 10.7. The van der Waals surface area contributed by atoms with Crippen molar-refractivity contribution in [1.29, 1.82) is 0 Å². The molecule has 0 radical (unpaired) electrons. The van der Waals surface area contributed by atoms with Crippen LogP contribution in [0.1, 0.15) is 0 Å². The van der Waals surface area contributed by atoms with Crippen LogP contribution in [-0.2, 0) is 0 Å².